The minimum Gasteiger partial charge on any atom is -0.376 e. The second-order valence-corrected chi connectivity index (χ2v) is 7.87. The Morgan fingerprint density at radius 2 is 1.79 bits per heavy atom. The number of hydrogen-bond donors (Lipinski definition) is 0. The molecule has 24 heavy (non-hydrogen) atoms. The van der Waals surface area contributed by atoms with Crippen molar-refractivity contribution in [3.63, 3.8) is 0 Å². The lowest BCUT2D eigenvalue weighted by Gasteiger charge is -2.30. The van der Waals surface area contributed by atoms with E-state index in [1.807, 2.05) is 0 Å². The Hall–Kier alpha value is -1.35. The minimum absolute atomic E-state index is 0.219. The Kier molecular flexibility index (Phi) is 4.88. The van der Waals surface area contributed by atoms with E-state index in [4.69, 9.17) is 4.74 Å². The van der Waals surface area contributed by atoms with Gasteiger partial charge in [0, 0.05) is 19.1 Å². The van der Waals surface area contributed by atoms with Crippen LogP contribution in [0.15, 0.2) is 30.3 Å². The van der Waals surface area contributed by atoms with Crippen molar-refractivity contribution in [2.75, 3.05) is 13.2 Å². The summed E-state index contributed by atoms with van der Waals surface area (Å²) in [5.41, 5.74) is 1.31. The van der Waals surface area contributed by atoms with Crippen molar-refractivity contribution in [2.45, 2.75) is 63.5 Å². The third-order valence-corrected chi connectivity index (χ3v) is 6.00. The van der Waals surface area contributed by atoms with E-state index < -0.39 is 0 Å². The fourth-order valence-electron chi connectivity index (χ4n) is 4.34. The molecule has 3 aliphatic rings. The third kappa shape index (κ3) is 3.66. The minimum atomic E-state index is 0.219. The molecule has 0 spiro atoms. The van der Waals surface area contributed by atoms with Gasteiger partial charge in [0.05, 0.1) is 12.1 Å². The van der Waals surface area contributed by atoms with E-state index in [-0.39, 0.29) is 18.1 Å². The van der Waals surface area contributed by atoms with E-state index in [9.17, 15) is 4.79 Å². The molecule has 1 amide bonds. The molecule has 1 aromatic rings. The SMILES string of the molecule is O=C(C1CCCC1)N1CC[C@@H](OCC2CC2)[C@@H]1Cc1ccccc1. The van der Waals surface area contributed by atoms with Crippen LogP contribution in [0.25, 0.3) is 0 Å². The maximum atomic E-state index is 13.0. The number of rotatable bonds is 6. The summed E-state index contributed by atoms with van der Waals surface area (Å²) in [5, 5.41) is 0. The van der Waals surface area contributed by atoms with Crippen molar-refractivity contribution < 1.29 is 9.53 Å². The Morgan fingerprint density at radius 1 is 1.04 bits per heavy atom. The lowest BCUT2D eigenvalue weighted by molar-refractivity contribution is -0.137. The number of nitrogens with zero attached hydrogens (tertiary/aromatic N) is 1. The molecule has 0 bridgehead atoms. The van der Waals surface area contributed by atoms with Crippen molar-refractivity contribution in [2.24, 2.45) is 11.8 Å². The summed E-state index contributed by atoms with van der Waals surface area (Å²) in [6.07, 6.45) is 9.39. The van der Waals surface area contributed by atoms with Crippen molar-refractivity contribution in [1.82, 2.24) is 4.90 Å². The number of ether oxygens (including phenoxy) is 1. The van der Waals surface area contributed by atoms with Crippen LogP contribution in [0.1, 0.15) is 50.5 Å². The zero-order valence-corrected chi connectivity index (χ0v) is 14.5. The predicted octanol–water partition coefficient (Wildman–Crippen LogP) is 3.82. The van der Waals surface area contributed by atoms with Crippen molar-refractivity contribution in [3.05, 3.63) is 35.9 Å². The molecule has 3 heteroatoms. The van der Waals surface area contributed by atoms with E-state index in [1.54, 1.807) is 0 Å². The van der Waals surface area contributed by atoms with Gasteiger partial charge in [-0.05, 0) is 50.0 Å². The van der Waals surface area contributed by atoms with Gasteiger partial charge in [-0.25, -0.2) is 0 Å². The summed E-state index contributed by atoms with van der Waals surface area (Å²) >= 11 is 0. The molecule has 0 aromatic heterocycles. The molecule has 0 N–H and O–H groups in total. The summed E-state index contributed by atoms with van der Waals surface area (Å²) in [6.45, 7) is 1.77. The highest BCUT2D eigenvalue weighted by molar-refractivity contribution is 5.79. The van der Waals surface area contributed by atoms with E-state index in [1.165, 1.54) is 31.2 Å². The monoisotopic (exact) mass is 327 g/mol. The van der Waals surface area contributed by atoms with E-state index in [2.05, 4.69) is 35.2 Å². The first-order valence-corrected chi connectivity index (χ1v) is 9.77. The highest BCUT2D eigenvalue weighted by Gasteiger charge is 2.41. The molecule has 2 atom stereocenters. The molecule has 3 nitrogen and oxygen atoms in total. The number of likely N-dealkylation sites (tertiary alicyclic amines) is 1. The molecule has 2 aliphatic carbocycles. The topological polar surface area (TPSA) is 29.5 Å². The molecule has 4 rings (SSSR count). The molecule has 1 aliphatic heterocycles. The summed E-state index contributed by atoms with van der Waals surface area (Å²) in [6, 6.07) is 10.8. The fraction of sp³-hybridized carbons (Fsp3) is 0.667. The van der Waals surface area contributed by atoms with Crippen LogP contribution in [0, 0.1) is 11.8 Å². The van der Waals surface area contributed by atoms with E-state index in [0.717, 1.165) is 44.8 Å². The van der Waals surface area contributed by atoms with E-state index in [0.29, 0.717) is 5.91 Å². The lowest BCUT2D eigenvalue weighted by Crippen LogP contribution is -2.44. The molecule has 0 unspecified atom stereocenters. The maximum Gasteiger partial charge on any atom is 0.226 e. The first-order chi connectivity index (χ1) is 11.8. The molecule has 0 radical (unpaired) electrons. The molecule has 2 saturated carbocycles. The summed E-state index contributed by atoms with van der Waals surface area (Å²) in [7, 11) is 0. The number of benzene rings is 1. The standard InChI is InChI=1S/C21H29NO2/c23-21(18-8-4-5-9-18)22-13-12-20(24-15-17-10-11-17)19(22)14-16-6-2-1-3-7-16/h1-3,6-7,17-20H,4-5,8-15H2/t19-,20+/m0/s1. The van der Waals surface area contributed by atoms with Crippen LogP contribution in [0.2, 0.25) is 0 Å². The van der Waals surface area contributed by atoms with E-state index >= 15 is 0 Å². The Balaban J connectivity index is 1.47. The van der Waals surface area contributed by atoms with Crippen LogP contribution >= 0.6 is 0 Å². The molecular weight excluding hydrogens is 298 g/mol. The van der Waals surface area contributed by atoms with Gasteiger partial charge in [-0.15, -0.1) is 0 Å². The molecule has 1 heterocycles. The number of amides is 1. The van der Waals surface area contributed by atoms with Gasteiger partial charge in [0.15, 0.2) is 0 Å². The maximum absolute atomic E-state index is 13.0. The van der Waals surface area contributed by atoms with Crippen LogP contribution in [0.4, 0.5) is 0 Å². The van der Waals surface area contributed by atoms with Crippen LogP contribution in [-0.2, 0) is 16.0 Å². The average Bonchev–Trinajstić information content (AvgIpc) is 3.12. The normalized spacial score (nSPS) is 27.8. The van der Waals surface area contributed by atoms with Gasteiger partial charge in [0.25, 0.3) is 0 Å². The molecule has 1 saturated heterocycles. The first-order valence-electron chi connectivity index (χ1n) is 9.77. The van der Waals surface area contributed by atoms with Gasteiger partial charge in [-0.3, -0.25) is 4.79 Å². The summed E-state index contributed by atoms with van der Waals surface area (Å²) < 4.78 is 6.26. The molecule has 130 valence electrons. The molecule has 1 aromatic carbocycles. The van der Waals surface area contributed by atoms with Crippen LogP contribution in [0.3, 0.4) is 0 Å². The summed E-state index contributed by atoms with van der Waals surface area (Å²) in [4.78, 5) is 15.2. The number of carbonyl (C=O) groups is 1. The van der Waals surface area contributed by atoms with Crippen molar-refractivity contribution >= 4 is 5.91 Å². The Labute approximate surface area is 145 Å². The Bertz CT molecular complexity index is 548. The van der Waals surface area contributed by atoms with Crippen molar-refractivity contribution in [3.8, 4) is 0 Å². The van der Waals surface area contributed by atoms with Crippen LogP contribution in [-0.4, -0.2) is 36.1 Å². The van der Waals surface area contributed by atoms with Gasteiger partial charge < -0.3 is 9.64 Å². The van der Waals surface area contributed by atoms with Crippen molar-refractivity contribution in [1.29, 1.82) is 0 Å². The number of hydrogen-bond acceptors (Lipinski definition) is 2. The van der Waals surface area contributed by atoms with Gasteiger partial charge in [-0.1, -0.05) is 43.2 Å². The largest absolute Gasteiger partial charge is 0.376 e. The van der Waals surface area contributed by atoms with Gasteiger partial charge in [0.1, 0.15) is 0 Å². The zero-order valence-electron chi connectivity index (χ0n) is 14.5. The molecular formula is C21H29NO2. The quantitative estimate of drug-likeness (QED) is 0.795. The lowest BCUT2D eigenvalue weighted by atomic mass is 10.00. The summed E-state index contributed by atoms with van der Waals surface area (Å²) in [5.74, 6) is 1.44. The van der Waals surface area contributed by atoms with Gasteiger partial charge >= 0.3 is 0 Å². The fourth-order valence-corrected chi connectivity index (χ4v) is 4.34. The van der Waals surface area contributed by atoms with Crippen LogP contribution < -0.4 is 0 Å². The zero-order chi connectivity index (χ0) is 16.4. The number of carbonyl (C=O) groups excluding carboxylic acids is 1. The highest BCUT2D eigenvalue weighted by atomic mass is 16.5. The predicted molar refractivity (Wildman–Crippen MR) is 94.7 cm³/mol. The van der Waals surface area contributed by atoms with Gasteiger partial charge in [0.2, 0.25) is 5.91 Å². The average molecular weight is 327 g/mol. The second-order valence-electron chi connectivity index (χ2n) is 7.87. The Morgan fingerprint density at radius 3 is 2.50 bits per heavy atom. The van der Waals surface area contributed by atoms with Crippen LogP contribution in [0.5, 0.6) is 0 Å². The first kappa shape index (κ1) is 16.1. The van der Waals surface area contributed by atoms with Gasteiger partial charge in [-0.2, -0.15) is 0 Å². The molecule has 3 fully saturated rings. The third-order valence-electron chi connectivity index (χ3n) is 6.00. The second kappa shape index (κ2) is 7.26. The smallest absolute Gasteiger partial charge is 0.226 e. The highest BCUT2D eigenvalue weighted by Crippen LogP contribution is 2.34.